The minimum Gasteiger partial charge on any atom is -0.748 e. The number of fused-ring (bicyclic) bond motifs is 1. The monoisotopic (exact) mass is 439 g/mol. The summed E-state index contributed by atoms with van der Waals surface area (Å²) in [5.74, 6) is 0.134. The highest BCUT2D eigenvalue weighted by atomic mass is 32.2. The summed E-state index contributed by atoms with van der Waals surface area (Å²) in [6.07, 6.45) is 1.97. The van der Waals surface area contributed by atoms with E-state index < -0.39 is 20.2 Å². The lowest BCUT2D eigenvalue weighted by molar-refractivity contribution is -0.702. The summed E-state index contributed by atoms with van der Waals surface area (Å²) in [7, 11) is -8.09. The molecule has 0 bridgehead atoms. The molecule has 11 heteroatoms. The maximum Gasteiger partial charge on any atom is 0.298 e. The maximum atomic E-state index is 10.7. The van der Waals surface area contributed by atoms with Crippen molar-refractivity contribution >= 4 is 53.6 Å². The van der Waals surface area contributed by atoms with E-state index in [4.69, 9.17) is 4.55 Å². The van der Waals surface area contributed by atoms with Gasteiger partial charge in [-0.05, 0) is 37.1 Å². The Bertz CT molecular complexity index is 936. The van der Waals surface area contributed by atoms with Gasteiger partial charge in [0.05, 0.1) is 15.9 Å². The molecule has 1 N–H and O–H groups in total. The maximum absolute atomic E-state index is 10.7. The first kappa shape index (κ1) is 21.6. The molecule has 0 radical (unpaired) electrons. The predicted octanol–water partition coefficient (Wildman–Crippen LogP) is 2.27. The molecule has 0 aliphatic rings. The van der Waals surface area contributed by atoms with Crippen molar-refractivity contribution in [2.45, 2.75) is 36.6 Å². The SMILES string of the molecule is O=S(=O)([O-])CCCC[n+]1c(SCCCCS(=O)(=O)O)sc2ccccc21. The topological polar surface area (TPSA) is 115 Å². The molecule has 2 rings (SSSR count). The van der Waals surface area contributed by atoms with Crippen LogP contribution in [0.3, 0.4) is 0 Å². The summed E-state index contributed by atoms with van der Waals surface area (Å²) < 4.78 is 66.7. The third kappa shape index (κ3) is 7.49. The van der Waals surface area contributed by atoms with Gasteiger partial charge < -0.3 is 4.55 Å². The summed E-state index contributed by atoms with van der Waals surface area (Å²) in [6.45, 7) is 0.618. The van der Waals surface area contributed by atoms with Gasteiger partial charge in [-0.3, -0.25) is 4.55 Å². The van der Waals surface area contributed by atoms with Crippen LogP contribution in [0.4, 0.5) is 0 Å². The van der Waals surface area contributed by atoms with Crippen molar-refractivity contribution in [1.82, 2.24) is 0 Å². The van der Waals surface area contributed by atoms with Crippen LogP contribution in [0.15, 0.2) is 28.6 Å². The molecule has 0 saturated carbocycles. The molecule has 0 amide bonds. The second kappa shape index (κ2) is 9.47. The zero-order valence-electron chi connectivity index (χ0n) is 14.0. The molecule has 7 nitrogen and oxygen atoms in total. The Morgan fingerprint density at radius 1 is 1.04 bits per heavy atom. The Hall–Kier alpha value is -0.720. The summed E-state index contributed by atoms with van der Waals surface area (Å²) in [4.78, 5) is 0. The van der Waals surface area contributed by atoms with E-state index in [-0.39, 0.29) is 11.5 Å². The molecule has 1 aromatic carbocycles. The molecular formula is C15H21NO6S4. The van der Waals surface area contributed by atoms with Gasteiger partial charge in [0.1, 0.15) is 4.70 Å². The van der Waals surface area contributed by atoms with E-state index >= 15 is 0 Å². The smallest absolute Gasteiger partial charge is 0.298 e. The molecule has 26 heavy (non-hydrogen) atoms. The Morgan fingerprint density at radius 2 is 1.73 bits per heavy atom. The summed E-state index contributed by atoms with van der Waals surface area (Å²) in [5, 5.41) is 0. The summed E-state index contributed by atoms with van der Waals surface area (Å²) in [6, 6.07) is 7.90. The molecule has 0 spiro atoms. The van der Waals surface area contributed by atoms with Crippen LogP contribution in [-0.4, -0.2) is 43.2 Å². The Kier molecular flexibility index (Phi) is 7.86. The van der Waals surface area contributed by atoms with Crippen LogP contribution >= 0.6 is 23.1 Å². The number of thiazole rings is 1. The molecule has 0 atom stereocenters. The second-order valence-corrected chi connectivity index (χ2v) is 11.3. The first-order valence-electron chi connectivity index (χ1n) is 8.09. The quantitative estimate of drug-likeness (QED) is 0.247. The standard InChI is InChI=1S/C15H21NO6S4/c17-25(18,19)11-5-3-9-16-13-7-1-2-8-14(13)24-15(16)23-10-4-6-12-26(20,21)22/h1-2,7-8H,3-6,9-12H2,(H-,17,18,19,20,21,22). The molecule has 1 heterocycles. The first-order chi connectivity index (χ1) is 12.2. The summed E-state index contributed by atoms with van der Waals surface area (Å²) in [5.41, 5.74) is 1.06. The average Bonchev–Trinajstić information content (AvgIpc) is 2.87. The van der Waals surface area contributed by atoms with Crippen LogP contribution < -0.4 is 4.57 Å². The normalized spacial score (nSPS) is 12.7. The van der Waals surface area contributed by atoms with E-state index in [1.807, 2.05) is 24.3 Å². The van der Waals surface area contributed by atoms with Crippen molar-refractivity contribution in [3.05, 3.63) is 24.3 Å². The molecule has 146 valence electrons. The van der Waals surface area contributed by atoms with E-state index in [2.05, 4.69) is 4.57 Å². The number of hydrogen-bond donors (Lipinski definition) is 1. The van der Waals surface area contributed by atoms with Crippen LogP contribution in [0, 0.1) is 0 Å². The van der Waals surface area contributed by atoms with Crippen LogP contribution in [-0.2, 0) is 26.8 Å². The molecule has 0 aliphatic carbocycles. The number of nitrogens with zero attached hydrogens (tertiary/aromatic N) is 1. The molecule has 0 unspecified atom stereocenters. The van der Waals surface area contributed by atoms with Gasteiger partial charge in [0.2, 0.25) is 5.52 Å². The summed E-state index contributed by atoms with van der Waals surface area (Å²) >= 11 is 3.24. The van der Waals surface area contributed by atoms with Crippen molar-refractivity contribution in [3.8, 4) is 0 Å². The molecule has 0 aliphatic heterocycles. The van der Waals surface area contributed by atoms with E-state index in [0.29, 0.717) is 32.2 Å². The molecule has 0 fully saturated rings. The first-order valence-corrected chi connectivity index (χ1v) is 13.1. The second-order valence-electron chi connectivity index (χ2n) is 5.80. The van der Waals surface area contributed by atoms with Gasteiger partial charge in [0.15, 0.2) is 6.54 Å². The lowest BCUT2D eigenvalue weighted by Gasteiger charge is -2.05. The van der Waals surface area contributed by atoms with E-state index in [9.17, 15) is 21.4 Å². The molecule has 2 aromatic rings. The average molecular weight is 440 g/mol. The van der Waals surface area contributed by atoms with Crippen molar-refractivity contribution in [2.24, 2.45) is 0 Å². The van der Waals surface area contributed by atoms with Gasteiger partial charge in [0, 0.05) is 24.0 Å². The van der Waals surface area contributed by atoms with Gasteiger partial charge in [0.25, 0.3) is 14.5 Å². The fourth-order valence-electron chi connectivity index (χ4n) is 2.43. The Labute approximate surface area is 161 Å². The third-order valence-electron chi connectivity index (χ3n) is 3.62. The minimum absolute atomic E-state index is 0.232. The van der Waals surface area contributed by atoms with Crippen LogP contribution in [0.1, 0.15) is 25.7 Å². The number of rotatable bonds is 11. The van der Waals surface area contributed by atoms with Gasteiger partial charge in [-0.25, -0.2) is 8.42 Å². The number of para-hydroxylation sites is 1. The van der Waals surface area contributed by atoms with Gasteiger partial charge in [-0.2, -0.15) is 13.0 Å². The van der Waals surface area contributed by atoms with Crippen molar-refractivity contribution in [3.63, 3.8) is 0 Å². The van der Waals surface area contributed by atoms with Crippen LogP contribution in [0.25, 0.3) is 10.2 Å². The fourth-order valence-corrected chi connectivity index (χ4v) is 6.10. The van der Waals surface area contributed by atoms with E-state index in [1.165, 1.54) is 0 Å². The molecule has 0 saturated heterocycles. The minimum atomic E-state index is -4.18. The zero-order valence-corrected chi connectivity index (χ0v) is 17.3. The van der Waals surface area contributed by atoms with Gasteiger partial charge in [-0.15, -0.1) is 0 Å². The van der Waals surface area contributed by atoms with E-state index in [0.717, 1.165) is 20.3 Å². The Balaban J connectivity index is 1.98. The zero-order chi connectivity index (χ0) is 19.2. The highest BCUT2D eigenvalue weighted by Crippen LogP contribution is 2.28. The lowest BCUT2D eigenvalue weighted by atomic mass is 10.3. The van der Waals surface area contributed by atoms with Crippen LogP contribution in [0.2, 0.25) is 0 Å². The number of hydrogen-bond acceptors (Lipinski definition) is 7. The van der Waals surface area contributed by atoms with Gasteiger partial charge >= 0.3 is 0 Å². The van der Waals surface area contributed by atoms with E-state index in [1.54, 1.807) is 23.1 Å². The number of aryl methyl sites for hydroxylation is 1. The number of aromatic nitrogens is 1. The molecular weight excluding hydrogens is 418 g/mol. The number of unbranched alkanes of at least 4 members (excludes halogenated alkanes) is 2. The number of thioether (sulfide) groups is 1. The highest BCUT2D eigenvalue weighted by molar-refractivity contribution is 8.01. The fraction of sp³-hybridized carbons (Fsp3) is 0.533. The third-order valence-corrected chi connectivity index (χ3v) is 7.74. The number of benzene rings is 1. The van der Waals surface area contributed by atoms with Crippen molar-refractivity contribution in [2.75, 3.05) is 17.3 Å². The van der Waals surface area contributed by atoms with Crippen molar-refractivity contribution in [1.29, 1.82) is 0 Å². The lowest BCUT2D eigenvalue weighted by Crippen LogP contribution is -2.34. The van der Waals surface area contributed by atoms with Gasteiger partial charge in [-0.1, -0.05) is 23.5 Å². The highest BCUT2D eigenvalue weighted by Gasteiger charge is 2.20. The predicted molar refractivity (Wildman–Crippen MR) is 102 cm³/mol. The largest absolute Gasteiger partial charge is 0.748 e. The van der Waals surface area contributed by atoms with Crippen LogP contribution in [0.5, 0.6) is 0 Å². The molecule has 1 aromatic heterocycles. The van der Waals surface area contributed by atoms with Crippen molar-refractivity contribution < 1.29 is 30.5 Å². The Morgan fingerprint density at radius 3 is 2.42 bits per heavy atom.